The van der Waals surface area contributed by atoms with Crippen LogP contribution in [-0.2, 0) is 0 Å². The van der Waals surface area contributed by atoms with E-state index in [0.717, 1.165) is 32.1 Å². The van der Waals surface area contributed by atoms with Crippen LogP contribution in [0, 0.1) is 10.3 Å². The van der Waals surface area contributed by atoms with Gasteiger partial charge in [-0.3, -0.25) is 0 Å². The van der Waals surface area contributed by atoms with Crippen molar-refractivity contribution in [2.45, 2.75) is 76.1 Å². The number of nitroso groups, excluding NO2 is 1. The van der Waals surface area contributed by atoms with E-state index in [0.29, 0.717) is 24.7 Å². The molecule has 0 radical (unpaired) electrons. The van der Waals surface area contributed by atoms with Gasteiger partial charge in [0.15, 0.2) is 0 Å². The highest BCUT2D eigenvalue weighted by Gasteiger charge is 2.39. The van der Waals surface area contributed by atoms with E-state index >= 15 is 0 Å². The third kappa shape index (κ3) is 5.79. The third-order valence-electron chi connectivity index (χ3n) is 4.37. The molecule has 1 fully saturated rings. The van der Waals surface area contributed by atoms with E-state index in [4.69, 9.17) is 5.11 Å². The van der Waals surface area contributed by atoms with Gasteiger partial charge in [-0.2, -0.15) is 0 Å². The summed E-state index contributed by atoms with van der Waals surface area (Å²) in [6.45, 7) is 4.67. The Morgan fingerprint density at radius 3 is 2.37 bits per heavy atom. The van der Waals surface area contributed by atoms with Crippen molar-refractivity contribution in [2.24, 2.45) is 10.00 Å². The zero-order valence-corrected chi connectivity index (χ0v) is 12.9. The van der Waals surface area contributed by atoms with Crippen LogP contribution in [0.25, 0.3) is 0 Å². The average molecular weight is 289 g/mol. The van der Waals surface area contributed by atoms with Gasteiger partial charge in [0, 0.05) is 27.9 Å². The highest BCUT2D eigenvalue weighted by atomic mass is 32.2. The van der Waals surface area contributed by atoms with Crippen LogP contribution in [0.5, 0.6) is 0 Å². The van der Waals surface area contributed by atoms with Gasteiger partial charge in [0.1, 0.15) is 0 Å². The second kappa shape index (κ2) is 7.60. The maximum Gasteiger partial charge on any atom is 0.0541 e. The van der Waals surface area contributed by atoms with E-state index in [1.165, 1.54) is 11.9 Å². The molecule has 4 nitrogen and oxygen atoms in total. The van der Waals surface area contributed by atoms with E-state index < -0.39 is 0 Å². The molecule has 1 atom stereocenters. The lowest BCUT2D eigenvalue weighted by atomic mass is 9.71. The molecule has 0 aromatic carbocycles. The Balaban J connectivity index is 2.46. The molecule has 0 aromatic rings. The maximum absolute atomic E-state index is 10.7. The summed E-state index contributed by atoms with van der Waals surface area (Å²) in [6, 6.07) is 0. The van der Waals surface area contributed by atoms with Gasteiger partial charge in [0.05, 0.1) is 6.10 Å². The molecule has 0 amide bonds. The fraction of sp³-hybridized carbons (Fsp3) is 1.00. The number of hydrogen-bond acceptors (Lipinski definition) is 5. The zero-order chi connectivity index (χ0) is 14.4. The van der Waals surface area contributed by atoms with E-state index in [2.05, 4.69) is 18.4 Å². The quantitative estimate of drug-likeness (QED) is 0.528. The number of aliphatic hydroxyl groups excluding tert-OH is 2. The van der Waals surface area contributed by atoms with Gasteiger partial charge in [0.25, 0.3) is 0 Å². The molecular weight excluding hydrogens is 262 g/mol. The van der Waals surface area contributed by atoms with E-state index in [9.17, 15) is 10.0 Å². The summed E-state index contributed by atoms with van der Waals surface area (Å²) in [6.07, 6.45) is 6.68. The molecule has 112 valence electrons. The Morgan fingerprint density at radius 2 is 1.84 bits per heavy atom. The van der Waals surface area contributed by atoms with Crippen LogP contribution >= 0.6 is 11.9 Å². The molecule has 1 aliphatic carbocycles. The highest BCUT2D eigenvalue weighted by molar-refractivity contribution is 7.99. The summed E-state index contributed by atoms with van der Waals surface area (Å²) < 4.78 is 2.99. The largest absolute Gasteiger partial charge is 0.396 e. The molecule has 5 heteroatoms. The molecular formula is C14H27NO3S. The van der Waals surface area contributed by atoms with Crippen LogP contribution in [-0.4, -0.2) is 27.7 Å². The molecule has 0 saturated heterocycles. The van der Waals surface area contributed by atoms with E-state index in [-0.39, 0.29) is 17.5 Å². The van der Waals surface area contributed by atoms with Crippen molar-refractivity contribution < 1.29 is 10.2 Å². The highest BCUT2D eigenvalue weighted by Crippen LogP contribution is 2.49. The molecule has 1 aliphatic rings. The Hall–Kier alpha value is -0.130. The Morgan fingerprint density at radius 1 is 1.21 bits per heavy atom. The van der Waals surface area contributed by atoms with Crippen molar-refractivity contribution in [2.75, 3.05) is 6.61 Å². The van der Waals surface area contributed by atoms with Gasteiger partial charge in [-0.1, -0.05) is 13.8 Å². The number of rotatable bonds is 8. The second-order valence-electron chi connectivity index (χ2n) is 6.57. The predicted octanol–water partition coefficient (Wildman–Crippen LogP) is 3.65. The minimum Gasteiger partial charge on any atom is -0.396 e. The van der Waals surface area contributed by atoms with Gasteiger partial charge < -0.3 is 10.2 Å². The molecule has 0 bridgehead atoms. The standard InChI is InChI=1S/C14H27NO3S/c1-13(2)7-9-14(10-8-13,19-15-18)6-5-12(17)4-3-11-16/h12,16-17H,3-11H2,1-2H3. The molecule has 19 heavy (non-hydrogen) atoms. The Labute approximate surface area is 120 Å². The molecule has 0 aromatic heterocycles. The van der Waals surface area contributed by atoms with Crippen LogP contribution in [0.3, 0.4) is 0 Å². The normalized spacial score (nSPS) is 22.9. The summed E-state index contributed by atoms with van der Waals surface area (Å²) in [5, 5.41) is 18.6. The monoisotopic (exact) mass is 289 g/mol. The van der Waals surface area contributed by atoms with Crippen molar-refractivity contribution in [1.29, 1.82) is 0 Å². The average Bonchev–Trinajstić information content (AvgIpc) is 2.38. The molecule has 1 unspecified atom stereocenters. The number of nitrogens with zero attached hydrogens (tertiary/aromatic N) is 1. The van der Waals surface area contributed by atoms with E-state index in [1.807, 2.05) is 0 Å². The summed E-state index contributed by atoms with van der Waals surface area (Å²) in [7, 11) is 0. The van der Waals surface area contributed by atoms with Crippen molar-refractivity contribution >= 4 is 11.9 Å². The van der Waals surface area contributed by atoms with Gasteiger partial charge in [-0.15, -0.1) is 4.91 Å². The first kappa shape index (κ1) is 16.9. The summed E-state index contributed by atoms with van der Waals surface area (Å²) in [5.74, 6) is 0. The third-order valence-corrected chi connectivity index (χ3v) is 5.45. The lowest BCUT2D eigenvalue weighted by molar-refractivity contribution is 0.125. The molecule has 0 heterocycles. The molecule has 0 spiro atoms. The van der Waals surface area contributed by atoms with E-state index in [1.54, 1.807) is 0 Å². The van der Waals surface area contributed by atoms with Gasteiger partial charge in [0.2, 0.25) is 0 Å². The van der Waals surface area contributed by atoms with Crippen LogP contribution in [0.15, 0.2) is 4.58 Å². The number of aliphatic hydroxyl groups is 2. The van der Waals surface area contributed by atoms with Crippen LogP contribution in [0.1, 0.15) is 65.2 Å². The lowest BCUT2D eigenvalue weighted by Crippen LogP contribution is -2.34. The Bertz CT molecular complexity index is 274. The maximum atomic E-state index is 10.7. The van der Waals surface area contributed by atoms with Crippen molar-refractivity contribution in [3.05, 3.63) is 4.91 Å². The van der Waals surface area contributed by atoms with Crippen LogP contribution in [0.2, 0.25) is 0 Å². The summed E-state index contributed by atoms with van der Waals surface area (Å²) in [5.41, 5.74) is 0.364. The smallest absolute Gasteiger partial charge is 0.0541 e. The van der Waals surface area contributed by atoms with Gasteiger partial charge >= 0.3 is 0 Å². The van der Waals surface area contributed by atoms with Gasteiger partial charge in [-0.25, -0.2) is 0 Å². The lowest BCUT2D eigenvalue weighted by Gasteiger charge is -2.41. The minimum absolute atomic E-state index is 0.0720. The first-order chi connectivity index (χ1) is 8.93. The number of hydrogen-bond donors (Lipinski definition) is 2. The minimum atomic E-state index is -0.369. The molecule has 0 aliphatic heterocycles. The van der Waals surface area contributed by atoms with Crippen LogP contribution in [0.4, 0.5) is 0 Å². The van der Waals surface area contributed by atoms with Crippen molar-refractivity contribution in [3.63, 3.8) is 0 Å². The summed E-state index contributed by atoms with van der Waals surface area (Å²) >= 11 is 1.18. The Kier molecular flexibility index (Phi) is 6.77. The topological polar surface area (TPSA) is 69.9 Å². The van der Waals surface area contributed by atoms with Crippen molar-refractivity contribution in [3.8, 4) is 0 Å². The fourth-order valence-corrected chi connectivity index (χ4v) is 3.50. The van der Waals surface area contributed by atoms with Crippen LogP contribution < -0.4 is 0 Å². The molecule has 1 rings (SSSR count). The zero-order valence-electron chi connectivity index (χ0n) is 12.1. The second-order valence-corrected chi connectivity index (χ2v) is 7.77. The fourth-order valence-electron chi connectivity index (χ4n) is 2.75. The SMILES string of the molecule is CC1(C)CCC(CCC(O)CCCO)(SN=O)CC1. The predicted molar refractivity (Wildman–Crippen MR) is 79.9 cm³/mol. The van der Waals surface area contributed by atoms with Crippen molar-refractivity contribution in [1.82, 2.24) is 0 Å². The first-order valence-electron chi connectivity index (χ1n) is 7.23. The molecule has 1 saturated carbocycles. The van der Waals surface area contributed by atoms with Gasteiger partial charge in [-0.05, 0) is 56.8 Å². The first-order valence-corrected chi connectivity index (χ1v) is 8.00. The summed E-state index contributed by atoms with van der Waals surface area (Å²) in [4.78, 5) is 10.7. The molecule has 2 N–H and O–H groups in total.